The Balaban J connectivity index is 1.14. The fourth-order valence-electron chi connectivity index (χ4n) is 4.59. The minimum atomic E-state index is -1.17. The molecule has 6 rings (SSSR count). The van der Waals surface area contributed by atoms with Crippen LogP contribution in [0.4, 0.5) is 0 Å². The third-order valence-electron chi connectivity index (χ3n) is 6.37. The molecule has 2 fully saturated rings. The van der Waals surface area contributed by atoms with Crippen LogP contribution in [-0.4, -0.2) is 78.2 Å². The average molecular weight is 503 g/mol. The molecular formula is C24H21N7O6. The van der Waals surface area contributed by atoms with E-state index in [1.807, 2.05) is 22.9 Å². The fourth-order valence-corrected chi connectivity index (χ4v) is 4.59. The number of ether oxygens (including phenoxy) is 3. The number of rotatable bonds is 7. The van der Waals surface area contributed by atoms with Crippen molar-refractivity contribution < 1.29 is 28.9 Å². The topological polar surface area (TPSA) is 156 Å². The van der Waals surface area contributed by atoms with Crippen molar-refractivity contribution in [2.24, 2.45) is 0 Å². The lowest BCUT2D eigenvalue weighted by Crippen LogP contribution is -2.44. The molecule has 188 valence electrons. The highest BCUT2D eigenvalue weighted by Gasteiger charge is 2.50. The molecular weight excluding hydrogens is 482 g/mol. The maximum atomic E-state index is 12.8. The largest absolute Gasteiger partial charge is 0.478 e. The second-order valence-electron chi connectivity index (χ2n) is 8.57. The number of nitrogens with one attached hydrogen (secondary N) is 1. The van der Waals surface area contributed by atoms with Crippen molar-refractivity contribution in [2.75, 3.05) is 13.2 Å². The molecule has 0 saturated carbocycles. The van der Waals surface area contributed by atoms with Gasteiger partial charge in [-0.15, -0.1) is 0 Å². The number of fused-ring (bicyclic) bond motifs is 1. The van der Waals surface area contributed by atoms with Gasteiger partial charge in [0.25, 0.3) is 5.91 Å². The van der Waals surface area contributed by atoms with Gasteiger partial charge in [-0.3, -0.25) is 4.79 Å². The van der Waals surface area contributed by atoms with E-state index in [4.69, 9.17) is 14.2 Å². The number of aromatic nitrogens is 6. The lowest BCUT2D eigenvalue weighted by Gasteiger charge is -2.18. The van der Waals surface area contributed by atoms with Crippen molar-refractivity contribution in [2.45, 2.75) is 24.3 Å². The maximum Gasteiger partial charge on any atom is 0.341 e. The summed E-state index contributed by atoms with van der Waals surface area (Å²) in [5, 5.41) is 24.1. The number of nitrogens with zero attached hydrogens (tertiary/aromatic N) is 6. The first-order valence-corrected chi connectivity index (χ1v) is 11.5. The van der Waals surface area contributed by atoms with E-state index >= 15 is 0 Å². The summed E-state index contributed by atoms with van der Waals surface area (Å²) < 4.78 is 21.2. The summed E-state index contributed by atoms with van der Waals surface area (Å²) in [5.74, 6) is -1.14. The molecule has 0 aliphatic carbocycles. The number of hydrogen-bond acceptors (Lipinski definition) is 9. The SMILES string of the molecule is O=C(O)c1ccccc1C(=O)N[C@H]1CO[C@H]2[C@@H]1OC[C@@H]2n1nnnc1Oc1ccc(-n2ccnc2)cc1. The summed E-state index contributed by atoms with van der Waals surface area (Å²) in [7, 11) is 0. The van der Waals surface area contributed by atoms with Crippen LogP contribution in [0.15, 0.2) is 67.3 Å². The van der Waals surface area contributed by atoms with E-state index < -0.39 is 30.1 Å². The van der Waals surface area contributed by atoms with Crippen LogP contribution >= 0.6 is 0 Å². The number of amides is 1. The number of benzene rings is 2. The number of carbonyl (C=O) groups is 2. The van der Waals surface area contributed by atoms with Crippen LogP contribution in [0.25, 0.3) is 5.69 Å². The standard InChI is InChI=1S/C24H21N7O6/c32-22(16-3-1-2-4-17(16)23(33)34)26-18-11-35-21-19(12-36-20(18)21)31-24(27-28-29-31)37-15-7-5-14(6-8-15)30-10-9-25-13-30/h1-10,13,18-21H,11-12H2,(H,26,32)(H,33,34)/t18-,19-,20+,21+/m0/s1. The predicted octanol–water partition coefficient (Wildman–Crippen LogP) is 1.49. The molecule has 0 bridgehead atoms. The molecule has 2 aliphatic rings. The van der Waals surface area contributed by atoms with E-state index in [1.54, 1.807) is 36.8 Å². The summed E-state index contributed by atoms with van der Waals surface area (Å²) in [5.41, 5.74) is 0.923. The molecule has 37 heavy (non-hydrogen) atoms. The third kappa shape index (κ3) is 4.30. The van der Waals surface area contributed by atoms with Gasteiger partial charge in [0.1, 0.15) is 24.0 Å². The minimum absolute atomic E-state index is 0.0724. The number of carbonyl (C=O) groups excluding carboxylic acids is 1. The Morgan fingerprint density at radius 1 is 1.03 bits per heavy atom. The summed E-state index contributed by atoms with van der Waals surface area (Å²) in [6.07, 6.45) is 4.35. The van der Waals surface area contributed by atoms with Crippen LogP contribution < -0.4 is 10.1 Å². The normalized spacial score (nSPS) is 22.5. The lowest BCUT2D eigenvalue weighted by atomic mass is 10.0. The van der Waals surface area contributed by atoms with Gasteiger partial charge < -0.3 is 29.2 Å². The molecule has 4 heterocycles. The first-order valence-electron chi connectivity index (χ1n) is 11.5. The third-order valence-corrected chi connectivity index (χ3v) is 6.37. The van der Waals surface area contributed by atoms with E-state index in [9.17, 15) is 14.7 Å². The van der Waals surface area contributed by atoms with Crippen molar-refractivity contribution in [3.63, 3.8) is 0 Å². The number of carboxylic acid groups (broad SMARTS) is 1. The molecule has 4 atom stereocenters. The van der Waals surface area contributed by atoms with Gasteiger partial charge in [0.2, 0.25) is 0 Å². The predicted molar refractivity (Wildman–Crippen MR) is 125 cm³/mol. The summed E-state index contributed by atoms with van der Waals surface area (Å²) >= 11 is 0. The van der Waals surface area contributed by atoms with Gasteiger partial charge in [0, 0.05) is 18.1 Å². The highest BCUT2D eigenvalue weighted by atomic mass is 16.6. The van der Waals surface area contributed by atoms with E-state index in [-0.39, 0.29) is 36.4 Å². The van der Waals surface area contributed by atoms with Gasteiger partial charge in [0.05, 0.1) is 36.7 Å². The molecule has 13 heteroatoms. The van der Waals surface area contributed by atoms with Gasteiger partial charge in [-0.2, -0.15) is 4.68 Å². The smallest absolute Gasteiger partial charge is 0.341 e. The van der Waals surface area contributed by atoms with E-state index in [1.165, 1.54) is 16.8 Å². The molecule has 4 aromatic rings. The van der Waals surface area contributed by atoms with Crippen molar-refractivity contribution in [1.29, 1.82) is 0 Å². The maximum absolute atomic E-state index is 12.8. The number of carboxylic acids is 1. The molecule has 0 spiro atoms. The van der Waals surface area contributed by atoms with Gasteiger partial charge in [-0.05, 0) is 46.8 Å². The second-order valence-corrected chi connectivity index (χ2v) is 8.57. The van der Waals surface area contributed by atoms with E-state index in [2.05, 4.69) is 25.8 Å². The minimum Gasteiger partial charge on any atom is -0.478 e. The molecule has 2 saturated heterocycles. The Hall–Kier alpha value is -4.62. The van der Waals surface area contributed by atoms with Crippen LogP contribution in [0.2, 0.25) is 0 Å². The van der Waals surface area contributed by atoms with Crippen molar-refractivity contribution >= 4 is 11.9 Å². The average Bonchev–Trinajstić information content (AvgIpc) is 3.71. The Morgan fingerprint density at radius 3 is 2.57 bits per heavy atom. The quantitative estimate of drug-likeness (QED) is 0.379. The van der Waals surface area contributed by atoms with Crippen LogP contribution in [0.1, 0.15) is 26.8 Å². The first-order chi connectivity index (χ1) is 18.1. The molecule has 2 aromatic carbocycles. The fraction of sp³-hybridized carbons (Fsp3) is 0.250. The van der Waals surface area contributed by atoms with Gasteiger partial charge >= 0.3 is 12.0 Å². The zero-order valence-electron chi connectivity index (χ0n) is 19.2. The van der Waals surface area contributed by atoms with Crippen molar-refractivity contribution in [1.82, 2.24) is 35.1 Å². The van der Waals surface area contributed by atoms with Crippen molar-refractivity contribution in [3.8, 4) is 17.4 Å². The monoisotopic (exact) mass is 503 g/mol. The molecule has 2 aromatic heterocycles. The summed E-state index contributed by atoms with van der Waals surface area (Å²) in [4.78, 5) is 28.4. The Morgan fingerprint density at radius 2 is 1.81 bits per heavy atom. The van der Waals surface area contributed by atoms with Gasteiger partial charge in [0.15, 0.2) is 0 Å². The van der Waals surface area contributed by atoms with Gasteiger partial charge in [-0.25, -0.2) is 9.78 Å². The molecule has 2 N–H and O–H groups in total. The van der Waals surface area contributed by atoms with Crippen LogP contribution in [0, 0.1) is 0 Å². The lowest BCUT2D eigenvalue weighted by molar-refractivity contribution is 0.0606. The molecule has 0 unspecified atom stereocenters. The zero-order valence-corrected chi connectivity index (χ0v) is 19.2. The van der Waals surface area contributed by atoms with Crippen LogP contribution in [0.3, 0.4) is 0 Å². The molecule has 13 nitrogen and oxygen atoms in total. The van der Waals surface area contributed by atoms with Crippen LogP contribution in [-0.2, 0) is 9.47 Å². The number of imidazole rings is 1. The number of aromatic carboxylic acids is 1. The first kappa shape index (κ1) is 22.8. The van der Waals surface area contributed by atoms with Crippen LogP contribution in [0.5, 0.6) is 11.8 Å². The Kier molecular flexibility index (Phi) is 5.82. The summed E-state index contributed by atoms with van der Waals surface area (Å²) in [6, 6.07) is 12.7. The van der Waals surface area contributed by atoms with Gasteiger partial charge in [-0.1, -0.05) is 17.2 Å². The number of tetrazole rings is 1. The summed E-state index contributed by atoms with van der Waals surface area (Å²) in [6.45, 7) is 0.440. The van der Waals surface area contributed by atoms with E-state index in [0.29, 0.717) is 5.75 Å². The second kappa shape index (κ2) is 9.44. The number of hydrogen-bond donors (Lipinski definition) is 2. The zero-order chi connectivity index (χ0) is 25.4. The molecule has 0 radical (unpaired) electrons. The highest BCUT2D eigenvalue weighted by molar-refractivity contribution is 6.04. The Labute approximate surface area is 209 Å². The molecule has 2 aliphatic heterocycles. The Bertz CT molecular complexity index is 1420. The molecule has 1 amide bonds. The highest BCUT2D eigenvalue weighted by Crippen LogP contribution is 2.36. The van der Waals surface area contributed by atoms with E-state index in [0.717, 1.165) is 5.69 Å². The van der Waals surface area contributed by atoms with Crippen molar-refractivity contribution in [3.05, 3.63) is 78.4 Å².